The van der Waals surface area contributed by atoms with E-state index in [4.69, 9.17) is 0 Å². The van der Waals surface area contributed by atoms with Crippen molar-refractivity contribution in [2.45, 2.75) is 62.4 Å². The van der Waals surface area contributed by atoms with Crippen LogP contribution in [0, 0.1) is 5.95 Å². The Balaban J connectivity index is 1.27. The van der Waals surface area contributed by atoms with Gasteiger partial charge in [0.05, 0.1) is 17.8 Å². The third-order valence-electron chi connectivity index (χ3n) is 7.44. The van der Waals surface area contributed by atoms with Gasteiger partial charge in [-0.15, -0.1) is 10.2 Å². The molecule has 2 aromatic heterocycles. The van der Waals surface area contributed by atoms with E-state index < -0.39 is 17.7 Å². The molecule has 10 heteroatoms. The Kier molecular flexibility index (Phi) is 5.28. The number of hydrogen-bond acceptors (Lipinski definition) is 7. The average molecular weight is 481 g/mol. The second kappa shape index (κ2) is 8.37. The molecule has 1 aromatic carbocycles. The molecule has 35 heavy (non-hydrogen) atoms. The number of rotatable bonds is 5. The highest BCUT2D eigenvalue weighted by Crippen LogP contribution is 2.40. The number of fused-ring (bicyclic) bond motifs is 2. The minimum Gasteiger partial charge on any atom is -0.507 e. The molecule has 1 saturated carbocycles. The third-order valence-corrected chi connectivity index (χ3v) is 7.44. The lowest BCUT2D eigenvalue weighted by Gasteiger charge is -2.40. The van der Waals surface area contributed by atoms with Crippen molar-refractivity contribution >= 4 is 5.82 Å². The summed E-state index contributed by atoms with van der Waals surface area (Å²) < 4.78 is 30.1. The number of pyridine rings is 1. The Morgan fingerprint density at radius 3 is 2.63 bits per heavy atom. The van der Waals surface area contributed by atoms with Crippen LogP contribution in [0.2, 0.25) is 0 Å². The van der Waals surface area contributed by atoms with Gasteiger partial charge in [-0.25, -0.2) is 9.37 Å². The molecule has 182 valence electrons. The molecular formula is C25H26F2N6O2. The van der Waals surface area contributed by atoms with E-state index in [9.17, 15) is 14.3 Å². The zero-order valence-corrected chi connectivity index (χ0v) is 19.2. The van der Waals surface area contributed by atoms with Gasteiger partial charge in [0.15, 0.2) is 17.6 Å². The first-order chi connectivity index (χ1) is 16.9. The van der Waals surface area contributed by atoms with Gasteiger partial charge >= 0.3 is 0 Å². The number of aromatic nitrogens is 4. The summed E-state index contributed by atoms with van der Waals surface area (Å²) >= 11 is 0. The van der Waals surface area contributed by atoms with E-state index in [1.54, 1.807) is 18.3 Å². The normalized spacial score (nSPS) is 25.6. The number of phenols is 1. The fraction of sp³-hybridized carbons (Fsp3) is 0.440. The minimum atomic E-state index is -0.966. The molecule has 3 fully saturated rings. The molecule has 8 nitrogen and oxygen atoms in total. The summed E-state index contributed by atoms with van der Waals surface area (Å²) in [7, 11) is 1.35. The van der Waals surface area contributed by atoms with Crippen molar-refractivity contribution in [3.05, 3.63) is 52.8 Å². The van der Waals surface area contributed by atoms with Crippen LogP contribution in [-0.2, 0) is 7.05 Å². The highest BCUT2D eigenvalue weighted by atomic mass is 19.1. The molecule has 0 spiro atoms. The predicted molar refractivity (Wildman–Crippen MR) is 126 cm³/mol. The van der Waals surface area contributed by atoms with Crippen LogP contribution in [0.15, 0.2) is 41.3 Å². The van der Waals surface area contributed by atoms with E-state index >= 15 is 4.39 Å². The van der Waals surface area contributed by atoms with Gasteiger partial charge in [-0.2, -0.15) is 4.39 Å². The van der Waals surface area contributed by atoms with Crippen molar-refractivity contribution in [3.8, 4) is 28.3 Å². The van der Waals surface area contributed by atoms with Gasteiger partial charge < -0.3 is 15.3 Å². The SMILES string of the molecule is Cn1c(F)cc(-c2ccc(-c3ncc(N(C4CC4)[C@@H]4C[C@@H]5CC[C@@H](N5)[C@@H]4F)nn3)c(O)c2)cc1=O. The van der Waals surface area contributed by atoms with Gasteiger partial charge in [-0.3, -0.25) is 9.36 Å². The average Bonchev–Trinajstić information content (AvgIpc) is 3.60. The maximum atomic E-state index is 15.3. The van der Waals surface area contributed by atoms with Crippen LogP contribution in [0.4, 0.5) is 14.6 Å². The molecule has 2 aliphatic heterocycles. The molecule has 4 atom stereocenters. The number of piperidine rings is 1. The van der Waals surface area contributed by atoms with Crippen LogP contribution in [0.5, 0.6) is 5.75 Å². The maximum Gasteiger partial charge on any atom is 0.253 e. The van der Waals surface area contributed by atoms with E-state index in [-0.39, 0.29) is 29.7 Å². The largest absolute Gasteiger partial charge is 0.507 e. The molecule has 6 rings (SSSR count). The molecule has 3 aromatic rings. The molecule has 2 bridgehead atoms. The lowest BCUT2D eigenvalue weighted by atomic mass is 9.96. The molecule has 2 saturated heterocycles. The highest BCUT2D eigenvalue weighted by Gasteiger charge is 2.48. The molecule has 4 heterocycles. The van der Waals surface area contributed by atoms with Crippen LogP contribution < -0.4 is 15.8 Å². The zero-order valence-electron chi connectivity index (χ0n) is 19.2. The predicted octanol–water partition coefficient (Wildman–Crippen LogP) is 2.95. The topological polar surface area (TPSA) is 96.2 Å². The quantitative estimate of drug-likeness (QED) is 0.542. The second-order valence-corrected chi connectivity index (χ2v) is 9.77. The Morgan fingerprint density at radius 1 is 1.11 bits per heavy atom. The Bertz CT molecular complexity index is 1330. The summed E-state index contributed by atoms with van der Waals surface area (Å²) in [6, 6.07) is 7.51. The number of nitrogens with one attached hydrogen (secondary N) is 1. The van der Waals surface area contributed by atoms with Crippen molar-refractivity contribution < 1.29 is 13.9 Å². The number of phenolic OH excluding ortho intramolecular Hbond substituents is 1. The number of hydrogen-bond donors (Lipinski definition) is 2. The van der Waals surface area contributed by atoms with Gasteiger partial charge in [0.25, 0.3) is 5.56 Å². The van der Waals surface area contributed by atoms with Crippen LogP contribution >= 0.6 is 0 Å². The first-order valence-electron chi connectivity index (χ1n) is 12.0. The van der Waals surface area contributed by atoms with E-state index in [2.05, 4.69) is 25.4 Å². The summed E-state index contributed by atoms with van der Waals surface area (Å²) in [5.41, 5.74) is 0.725. The van der Waals surface area contributed by atoms with E-state index in [1.807, 2.05) is 0 Å². The summed E-state index contributed by atoms with van der Waals surface area (Å²) in [6.45, 7) is 0. The van der Waals surface area contributed by atoms with Gasteiger partial charge in [0.1, 0.15) is 11.9 Å². The van der Waals surface area contributed by atoms with Crippen molar-refractivity contribution in [2.75, 3.05) is 4.90 Å². The summed E-state index contributed by atoms with van der Waals surface area (Å²) in [5, 5.41) is 22.6. The van der Waals surface area contributed by atoms with E-state index in [1.165, 1.54) is 25.2 Å². The first kappa shape index (κ1) is 22.1. The molecule has 2 N–H and O–H groups in total. The number of aromatic hydroxyl groups is 1. The van der Waals surface area contributed by atoms with Gasteiger partial charge in [-0.1, -0.05) is 6.07 Å². The van der Waals surface area contributed by atoms with Crippen LogP contribution in [0.1, 0.15) is 32.1 Å². The second-order valence-electron chi connectivity index (χ2n) is 9.77. The minimum absolute atomic E-state index is 0.103. The van der Waals surface area contributed by atoms with Gasteiger partial charge in [0, 0.05) is 31.2 Å². The van der Waals surface area contributed by atoms with Crippen LogP contribution in [0.25, 0.3) is 22.5 Å². The number of anilines is 1. The van der Waals surface area contributed by atoms with E-state index in [0.717, 1.165) is 36.7 Å². The fourth-order valence-electron chi connectivity index (χ4n) is 5.40. The van der Waals surface area contributed by atoms with Gasteiger partial charge in [0.2, 0.25) is 0 Å². The maximum absolute atomic E-state index is 15.3. The van der Waals surface area contributed by atoms with E-state index in [0.29, 0.717) is 28.6 Å². The Morgan fingerprint density at radius 2 is 1.94 bits per heavy atom. The number of benzene rings is 1. The van der Waals surface area contributed by atoms with Crippen LogP contribution in [-0.4, -0.2) is 55.2 Å². The van der Waals surface area contributed by atoms with Crippen molar-refractivity contribution in [1.82, 2.24) is 25.1 Å². The monoisotopic (exact) mass is 480 g/mol. The standard InChI is InChI=1S/C25H26F2N6O2/c1-32-21(26)9-14(10-23(32)35)13-2-6-17(20(34)8-13)25-28-12-22(30-31-25)33(16-4-5-16)19-11-15-3-7-18(29-15)24(19)27/h2,6,8-10,12,15-16,18-19,24,29,34H,3-5,7,11H2,1H3/t15-,18+,19+,24-/m0/s1. The Labute approximate surface area is 200 Å². The number of alkyl halides is 1. The summed E-state index contributed by atoms with van der Waals surface area (Å²) in [6.07, 6.45) is 5.24. The molecule has 0 radical (unpaired) electrons. The number of halogens is 2. The lowest BCUT2D eigenvalue weighted by Crippen LogP contribution is -2.57. The molecular weight excluding hydrogens is 454 g/mol. The molecule has 0 unspecified atom stereocenters. The third kappa shape index (κ3) is 3.95. The Hall–Kier alpha value is -3.40. The van der Waals surface area contributed by atoms with Crippen LogP contribution in [0.3, 0.4) is 0 Å². The van der Waals surface area contributed by atoms with Crippen molar-refractivity contribution in [3.63, 3.8) is 0 Å². The number of nitrogens with zero attached hydrogens (tertiary/aromatic N) is 5. The van der Waals surface area contributed by atoms with Crippen molar-refractivity contribution in [2.24, 2.45) is 7.05 Å². The smallest absolute Gasteiger partial charge is 0.253 e. The van der Waals surface area contributed by atoms with Crippen molar-refractivity contribution in [1.29, 1.82) is 0 Å². The fourth-order valence-corrected chi connectivity index (χ4v) is 5.40. The molecule has 1 aliphatic carbocycles. The first-order valence-corrected chi connectivity index (χ1v) is 12.0. The summed E-state index contributed by atoms with van der Waals surface area (Å²) in [5.74, 6) is -0.00425. The molecule has 0 amide bonds. The molecule has 3 aliphatic rings. The highest BCUT2D eigenvalue weighted by molar-refractivity contribution is 5.72. The lowest BCUT2D eigenvalue weighted by molar-refractivity contribution is 0.171. The summed E-state index contributed by atoms with van der Waals surface area (Å²) in [4.78, 5) is 18.4. The van der Waals surface area contributed by atoms with Gasteiger partial charge in [-0.05, 0) is 61.4 Å². The zero-order chi connectivity index (χ0) is 24.3.